The van der Waals surface area contributed by atoms with Crippen LogP contribution in [-0.4, -0.2) is 20.1 Å². The van der Waals surface area contributed by atoms with Crippen LogP contribution in [0.25, 0.3) is 35.4 Å². The fourth-order valence-electron chi connectivity index (χ4n) is 3.62. The van der Waals surface area contributed by atoms with Gasteiger partial charge in [0.15, 0.2) is 0 Å². The van der Waals surface area contributed by atoms with Gasteiger partial charge in [-0.2, -0.15) is 5.26 Å². The molecule has 0 aliphatic rings. The zero-order valence-electron chi connectivity index (χ0n) is 20.9. The zero-order valence-corrected chi connectivity index (χ0v) is 20.9. The van der Waals surface area contributed by atoms with Crippen molar-refractivity contribution in [1.82, 2.24) is 15.0 Å². The summed E-state index contributed by atoms with van der Waals surface area (Å²) in [6.45, 7) is 1.95. The highest BCUT2D eigenvalue weighted by molar-refractivity contribution is 5.81. The van der Waals surface area contributed by atoms with Gasteiger partial charge < -0.3 is 5.11 Å². The quantitative estimate of drug-likeness (QED) is 0.274. The number of nitrogens with zero attached hydrogens (tertiary/aromatic N) is 4. The van der Waals surface area contributed by atoms with E-state index in [1.54, 1.807) is 18.3 Å². The third-order valence-corrected chi connectivity index (χ3v) is 5.49. The van der Waals surface area contributed by atoms with Gasteiger partial charge in [-0.15, -0.1) is 0 Å². The molecule has 5 heteroatoms. The van der Waals surface area contributed by atoms with Crippen LogP contribution in [-0.2, 0) is 0 Å². The molecule has 0 unspecified atom stereocenters. The Morgan fingerprint density at radius 3 is 2.16 bits per heavy atom. The Morgan fingerprint density at radius 1 is 0.658 bits per heavy atom. The summed E-state index contributed by atoms with van der Waals surface area (Å²) in [6, 6.07) is 34.4. The Balaban J connectivity index is 0.000000186. The van der Waals surface area contributed by atoms with Crippen molar-refractivity contribution in [3.05, 3.63) is 143 Å². The smallest absolute Gasteiger partial charge is 0.141 e. The van der Waals surface area contributed by atoms with Gasteiger partial charge in [-0.05, 0) is 67.1 Å². The van der Waals surface area contributed by atoms with Gasteiger partial charge in [0, 0.05) is 23.0 Å². The van der Waals surface area contributed by atoms with Crippen molar-refractivity contribution in [2.75, 3.05) is 0 Å². The number of aromatic hydroxyl groups is 1. The van der Waals surface area contributed by atoms with Crippen molar-refractivity contribution in [3.8, 4) is 22.9 Å². The van der Waals surface area contributed by atoms with Crippen LogP contribution in [0, 0.1) is 18.3 Å². The Bertz CT molecular complexity index is 1590. The van der Waals surface area contributed by atoms with Crippen molar-refractivity contribution in [3.63, 3.8) is 0 Å². The molecular formula is C33H26N4O. The van der Waals surface area contributed by atoms with E-state index in [4.69, 9.17) is 5.26 Å². The lowest BCUT2D eigenvalue weighted by Gasteiger charge is -2.08. The van der Waals surface area contributed by atoms with Gasteiger partial charge in [0.25, 0.3) is 0 Å². The van der Waals surface area contributed by atoms with E-state index in [0.717, 1.165) is 39.5 Å². The highest BCUT2D eigenvalue weighted by Gasteiger charge is 2.08. The van der Waals surface area contributed by atoms with E-state index in [1.807, 2.05) is 128 Å². The molecule has 5 nitrogen and oxygen atoms in total. The fourth-order valence-corrected chi connectivity index (χ4v) is 3.62. The highest BCUT2D eigenvalue weighted by atomic mass is 16.3. The number of pyridine rings is 3. The minimum absolute atomic E-state index is 0.251. The van der Waals surface area contributed by atoms with Crippen molar-refractivity contribution >= 4 is 24.3 Å². The Kier molecular flexibility index (Phi) is 8.88. The van der Waals surface area contributed by atoms with Gasteiger partial charge >= 0.3 is 0 Å². The van der Waals surface area contributed by atoms with E-state index in [9.17, 15) is 5.11 Å². The summed E-state index contributed by atoms with van der Waals surface area (Å²) < 4.78 is 0. The molecule has 0 saturated carbocycles. The minimum atomic E-state index is 0.251. The molecule has 5 rings (SSSR count). The van der Waals surface area contributed by atoms with E-state index in [1.165, 1.54) is 0 Å². The second kappa shape index (κ2) is 13.1. The average molecular weight is 495 g/mol. The molecule has 0 radical (unpaired) electrons. The van der Waals surface area contributed by atoms with Crippen LogP contribution in [0.15, 0.2) is 109 Å². The number of benzene rings is 2. The number of hydrogen-bond donors (Lipinski definition) is 1. The van der Waals surface area contributed by atoms with E-state index in [-0.39, 0.29) is 5.75 Å². The third kappa shape index (κ3) is 7.33. The van der Waals surface area contributed by atoms with Crippen molar-refractivity contribution in [2.45, 2.75) is 6.92 Å². The first-order valence-corrected chi connectivity index (χ1v) is 12.1. The number of phenols is 1. The molecule has 0 saturated heterocycles. The first-order chi connectivity index (χ1) is 18.6. The second-order valence-corrected chi connectivity index (χ2v) is 8.29. The van der Waals surface area contributed by atoms with Crippen LogP contribution in [0.1, 0.15) is 34.0 Å². The summed E-state index contributed by atoms with van der Waals surface area (Å²) in [5.41, 5.74) is 6.64. The number of para-hydroxylation sites is 1. The van der Waals surface area contributed by atoms with Gasteiger partial charge in [0.2, 0.25) is 0 Å². The maximum atomic E-state index is 10.1. The lowest BCUT2D eigenvalue weighted by atomic mass is 10.0. The second-order valence-electron chi connectivity index (χ2n) is 8.29. The Morgan fingerprint density at radius 2 is 1.39 bits per heavy atom. The Hall–Kier alpha value is -5.34. The molecule has 0 fully saturated rings. The predicted molar refractivity (Wildman–Crippen MR) is 154 cm³/mol. The number of aromatic nitrogens is 3. The molecule has 38 heavy (non-hydrogen) atoms. The molecular weight excluding hydrogens is 468 g/mol. The Labute approximate surface area is 222 Å². The predicted octanol–water partition coefficient (Wildman–Crippen LogP) is 7.45. The summed E-state index contributed by atoms with van der Waals surface area (Å²) in [5, 5.41) is 18.8. The van der Waals surface area contributed by atoms with Gasteiger partial charge in [0.05, 0.1) is 17.1 Å². The maximum absolute atomic E-state index is 10.1. The number of nitriles is 1. The molecule has 3 aromatic heterocycles. The summed E-state index contributed by atoms with van der Waals surface area (Å²) in [5.74, 6) is 0.251. The summed E-state index contributed by atoms with van der Waals surface area (Å²) in [4.78, 5) is 13.0. The number of aryl methyl sites for hydroxylation is 1. The van der Waals surface area contributed by atoms with Crippen LogP contribution >= 0.6 is 0 Å². The summed E-state index contributed by atoms with van der Waals surface area (Å²) in [6.07, 6.45) is 9.48. The molecule has 0 aliphatic heterocycles. The van der Waals surface area contributed by atoms with Crippen molar-refractivity contribution < 1.29 is 5.11 Å². The van der Waals surface area contributed by atoms with Crippen LogP contribution < -0.4 is 0 Å². The van der Waals surface area contributed by atoms with E-state index >= 15 is 0 Å². The van der Waals surface area contributed by atoms with Crippen LogP contribution in [0.3, 0.4) is 0 Å². The van der Waals surface area contributed by atoms with Crippen LogP contribution in [0.4, 0.5) is 0 Å². The average Bonchev–Trinajstić information content (AvgIpc) is 2.97. The lowest BCUT2D eigenvalue weighted by molar-refractivity contribution is 0.477. The standard InChI is InChI=1S/C19H16N2O.C14H10N2/c1-14-9-11-16(17-7-2-3-8-19(17)22)18(21-14)12-10-15-6-4-5-13-20-15;15-11-14-8-4-7-13(16-14)10-9-12-5-2-1-3-6-12/h2-13,22H,1H3;1-10H. The normalized spacial score (nSPS) is 10.6. The molecule has 1 N–H and O–H groups in total. The van der Waals surface area contributed by atoms with Crippen LogP contribution in [0.2, 0.25) is 0 Å². The van der Waals surface area contributed by atoms with E-state index in [0.29, 0.717) is 5.69 Å². The molecule has 0 spiro atoms. The molecule has 0 atom stereocenters. The monoisotopic (exact) mass is 494 g/mol. The SMILES string of the molecule is Cc1ccc(-c2ccccc2O)c(C=Cc2ccccn2)n1.N#Cc1cccc(C=Cc2ccccc2)n1. The fraction of sp³-hybridized carbons (Fsp3) is 0.0303. The van der Waals surface area contributed by atoms with Crippen molar-refractivity contribution in [1.29, 1.82) is 5.26 Å². The van der Waals surface area contributed by atoms with E-state index in [2.05, 4.69) is 15.0 Å². The molecule has 0 bridgehead atoms. The largest absolute Gasteiger partial charge is 0.507 e. The first kappa shape index (κ1) is 25.7. The lowest BCUT2D eigenvalue weighted by Crippen LogP contribution is -1.91. The van der Waals surface area contributed by atoms with Crippen LogP contribution in [0.5, 0.6) is 5.75 Å². The topological polar surface area (TPSA) is 82.7 Å². The first-order valence-electron chi connectivity index (χ1n) is 12.1. The molecule has 0 aliphatic carbocycles. The molecule has 5 aromatic rings. The third-order valence-electron chi connectivity index (χ3n) is 5.49. The van der Waals surface area contributed by atoms with Gasteiger partial charge in [0.1, 0.15) is 17.5 Å². The molecule has 3 heterocycles. The number of hydrogen-bond acceptors (Lipinski definition) is 5. The van der Waals surface area contributed by atoms with Gasteiger partial charge in [-0.25, -0.2) is 4.98 Å². The van der Waals surface area contributed by atoms with Gasteiger partial charge in [-0.3, -0.25) is 9.97 Å². The minimum Gasteiger partial charge on any atom is -0.507 e. The number of rotatable bonds is 5. The molecule has 2 aromatic carbocycles. The maximum Gasteiger partial charge on any atom is 0.141 e. The molecule has 184 valence electrons. The molecule has 0 amide bonds. The van der Waals surface area contributed by atoms with E-state index < -0.39 is 0 Å². The number of phenolic OH excluding ortho intramolecular Hbond substituents is 1. The van der Waals surface area contributed by atoms with Crippen molar-refractivity contribution in [2.24, 2.45) is 0 Å². The highest BCUT2D eigenvalue weighted by Crippen LogP contribution is 2.31. The zero-order chi connectivity index (χ0) is 26.6. The van der Waals surface area contributed by atoms with Gasteiger partial charge in [-0.1, -0.05) is 72.8 Å². The summed E-state index contributed by atoms with van der Waals surface area (Å²) >= 11 is 0. The summed E-state index contributed by atoms with van der Waals surface area (Å²) in [7, 11) is 0.